The average molecular weight is 191 g/mol. The Morgan fingerprint density at radius 2 is 1.92 bits per heavy atom. The van der Waals surface area contributed by atoms with Crippen LogP contribution < -0.4 is 5.73 Å². The van der Waals surface area contributed by atoms with Crippen LogP contribution in [0.15, 0.2) is 24.3 Å². The summed E-state index contributed by atoms with van der Waals surface area (Å²) < 4.78 is 3.79. The first-order valence-corrected chi connectivity index (χ1v) is 4.69. The second kappa shape index (κ2) is 3.14. The molecule has 0 aliphatic rings. The number of nitrogens with two attached hydrogens (primary N) is 1. The maximum absolute atomic E-state index is 5.65. The van der Waals surface area contributed by atoms with Gasteiger partial charge >= 0.3 is 0 Å². The summed E-state index contributed by atoms with van der Waals surface area (Å²) in [5.74, 6) is 0.508. The molecule has 0 radical (unpaired) electrons. The number of hydrogen-bond acceptors (Lipinski definition) is 4. The van der Waals surface area contributed by atoms with Crippen LogP contribution in [0.4, 0.5) is 5.82 Å². The molecular weight excluding hydrogens is 182 g/mol. The Balaban J connectivity index is 2.47. The topological polar surface area (TPSA) is 51.8 Å². The zero-order valence-corrected chi connectivity index (χ0v) is 8.01. The number of hydrogen-bond donors (Lipinski definition) is 1. The Bertz CT molecular complexity index is 405. The first kappa shape index (κ1) is 8.19. The molecule has 0 fully saturated rings. The lowest BCUT2D eigenvalue weighted by molar-refractivity contribution is 1.17. The van der Waals surface area contributed by atoms with Gasteiger partial charge in [0.2, 0.25) is 0 Å². The molecule has 0 bridgehead atoms. The van der Waals surface area contributed by atoms with Gasteiger partial charge in [0.1, 0.15) is 0 Å². The highest BCUT2D eigenvalue weighted by molar-refractivity contribution is 7.09. The van der Waals surface area contributed by atoms with Gasteiger partial charge in [0.25, 0.3) is 0 Å². The Morgan fingerprint density at radius 3 is 2.46 bits per heavy atom. The number of aromatic nitrogens is 2. The van der Waals surface area contributed by atoms with E-state index in [0.29, 0.717) is 5.82 Å². The molecular formula is C9H9N3S. The first-order valence-electron chi connectivity index (χ1n) is 3.92. The van der Waals surface area contributed by atoms with E-state index in [1.807, 2.05) is 12.1 Å². The fourth-order valence-corrected chi connectivity index (χ4v) is 1.69. The van der Waals surface area contributed by atoms with Crippen molar-refractivity contribution in [3.63, 3.8) is 0 Å². The third-order valence-corrected chi connectivity index (χ3v) is 2.62. The minimum Gasteiger partial charge on any atom is -0.381 e. The van der Waals surface area contributed by atoms with E-state index in [1.54, 1.807) is 0 Å². The van der Waals surface area contributed by atoms with Gasteiger partial charge in [-0.1, -0.05) is 34.3 Å². The molecule has 0 aliphatic heterocycles. The third-order valence-electron chi connectivity index (χ3n) is 1.83. The molecule has 0 aliphatic carbocycles. The van der Waals surface area contributed by atoms with Crippen LogP contribution in [0.25, 0.3) is 10.4 Å². The summed E-state index contributed by atoms with van der Waals surface area (Å²) in [6, 6.07) is 8.16. The van der Waals surface area contributed by atoms with Gasteiger partial charge in [0.15, 0.2) is 5.82 Å². The number of benzene rings is 1. The van der Waals surface area contributed by atoms with Crippen molar-refractivity contribution in [1.82, 2.24) is 9.59 Å². The van der Waals surface area contributed by atoms with E-state index in [4.69, 9.17) is 5.73 Å². The normalized spacial score (nSPS) is 10.2. The van der Waals surface area contributed by atoms with Crippen molar-refractivity contribution in [3.05, 3.63) is 29.8 Å². The SMILES string of the molecule is Cc1ccc(-c2snnc2N)cc1. The van der Waals surface area contributed by atoms with E-state index in [2.05, 4.69) is 28.6 Å². The van der Waals surface area contributed by atoms with E-state index < -0.39 is 0 Å². The predicted octanol–water partition coefficient (Wildman–Crippen LogP) is 2.10. The molecule has 0 atom stereocenters. The molecule has 1 aromatic heterocycles. The van der Waals surface area contributed by atoms with Crippen molar-refractivity contribution in [1.29, 1.82) is 0 Å². The molecule has 3 nitrogen and oxygen atoms in total. The van der Waals surface area contributed by atoms with Crippen LogP contribution in [0.1, 0.15) is 5.56 Å². The van der Waals surface area contributed by atoms with Crippen LogP contribution in [0.5, 0.6) is 0 Å². The summed E-state index contributed by atoms with van der Waals surface area (Å²) >= 11 is 1.32. The zero-order valence-electron chi connectivity index (χ0n) is 7.19. The Labute approximate surface area is 80.4 Å². The molecule has 13 heavy (non-hydrogen) atoms. The van der Waals surface area contributed by atoms with Crippen LogP contribution in [0.2, 0.25) is 0 Å². The highest BCUT2D eigenvalue weighted by Crippen LogP contribution is 2.27. The highest BCUT2D eigenvalue weighted by Gasteiger charge is 2.05. The van der Waals surface area contributed by atoms with E-state index in [1.165, 1.54) is 17.1 Å². The quantitative estimate of drug-likeness (QED) is 0.751. The van der Waals surface area contributed by atoms with Gasteiger partial charge < -0.3 is 5.73 Å². The molecule has 2 rings (SSSR count). The number of nitrogens with zero attached hydrogens (tertiary/aromatic N) is 2. The third kappa shape index (κ3) is 1.53. The van der Waals surface area contributed by atoms with Crippen LogP contribution >= 0.6 is 11.5 Å². The fraction of sp³-hybridized carbons (Fsp3) is 0.111. The van der Waals surface area contributed by atoms with E-state index >= 15 is 0 Å². The second-order valence-electron chi connectivity index (χ2n) is 2.85. The molecule has 66 valence electrons. The van der Waals surface area contributed by atoms with E-state index in [9.17, 15) is 0 Å². The van der Waals surface area contributed by atoms with Gasteiger partial charge in [-0.2, -0.15) is 0 Å². The van der Waals surface area contributed by atoms with Crippen LogP contribution in [-0.4, -0.2) is 9.59 Å². The smallest absolute Gasteiger partial charge is 0.166 e. The largest absolute Gasteiger partial charge is 0.381 e. The predicted molar refractivity (Wildman–Crippen MR) is 54.5 cm³/mol. The van der Waals surface area contributed by atoms with Gasteiger partial charge in [-0.15, -0.1) is 5.10 Å². The van der Waals surface area contributed by atoms with Gasteiger partial charge in [0, 0.05) is 0 Å². The van der Waals surface area contributed by atoms with Crippen molar-refractivity contribution in [2.45, 2.75) is 6.92 Å². The van der Waals surface area contributed by atoms with Gasteiger partial charge in [0.05, 0.1) is 4.88 Å². The Hall–Kier alpha value is -1.42. The molecule has 0 saturated carbocycles. The molecule has 0 spiro atoms. The molecule has 2 N–H and O–H groups in total. The van der Waals surface area contributed by atoms with Crippen LogP contribution in [0, 0.1) is 6.92 Å². The number of anilines is 1. The van der Waals surface area contributed by atoms with Crippen molar-refractivity contribution >= 4 is 17.4 Å². The van der Waals surface area contributed by atoms with Crippen molar-refractivity contribution in [2.24, 2.45) is 0 Å². The summed E-state index contributed by atoms with van der Waals surface area (Å²) in [5, 5.41) is 3.76. The average Bonchev–Trinajstić information content (AvgIpc) is 2.53. The molecule has 1 heterocycles. The molecule has 2 aromatic rings. The lowest BCUT2D eigenvalue weighted by atomic mass is 10.1. The zero-order chi connectivity index (χ0) is 9.26. The summed E-state index contributed by atoms with van der Waals surface area (Å²) in [6.07, 6.45) is 0. The fourth-order valence-electron chi connectivity index (χ4n) is 1.10. The number of aryl methyl sites for hydroxylation is 1. The summed E-state index contributed by atoms with van der Waals surface area (Å²) in [5.41, 5.74) is 7.96. The molecule has 4 heteroatoms. The van der Waals surface area contributed by atoms with Gasteiger partial charge in [-0.3, -0.25) is 0 Å². The molecule has 1 aromatic carbocycles. The molecule has 0 unspecified atom stereocenters. The summed E-state index contributed by atoms with van der Waals surface area (Å²) in [7, 11) is 0. The van der Waals surface area contributed by atoms with Crippen molar-refractivity contribution < 1.29 is 0 Å². The minimum atomic E-state index is 0.508. The van der Waals surface area contributed by atoms with E-state index in [-0.39, 0.29) is 0 Å². The van der Waals surface area contributed by atoms with Crippen LogP contribution in [-0.2, 0) is 0 Å². The van der Waals surface area contributed by atoms with E-state index in [0.717, 1.165) is 10.4 Å². The van der Waals surface area contributed by atoms with Crippen LogP contribution in [0.3, 0.4) is 0 Å². The summed E-state index contributed by atoms with van der Waals surface area (Å²) in [4.78, 5) is 0.944. The molecule has 0 saturated heterocycles. The minimum absolute atomic E-state index is 0.508. The van der Waals surface area contributed by atoms with Crippen molar-refractivity contribution in [3.8, 4) is 10.4 Å². The van der Waals surface area contributed by atoms with Gasteiger partial charge in [-0.25, -0.2) is 0 Å². The number of rotatable bonds is 1. The maximum Gasteiger partial charge on any atom is 0.166 e. The maximum atomic E-state index is 5.65. The second-order valence-corrected chi connectivity index (χ2v) is 3.61. The lowest BCUT2D eigenvalue weighted by Crippen LogP contribution is -1.87. The molecule has 0 amide bonds. The van der Waals surface area contributed by atoms with Crippen molar-refractivity contribution in [2.75, 3.05) is 5.73 Å². The first-order chi connectivity index (χ1) is 6.27. The summed E-state index contributed by atoms with van der Waals surface area (Å²) in [6.45, 7) is 2.05. The Morgan fingerprint density at radius 1 is 1.23 bits per heavy atom. The lowest BCUT2D eigenvalue weighted by Gasteiger charge is -1.97. The highest BCUT2D eigenvalue weighted by atomic mass is 32.1. The Kier molecular flexibility index (Phi) is 1.98. The van der Waals surface area contributed by atoms with Gasteiger partial charge in [-0.05, 0) is 24.0 Å². The monoisotopic (exact) mass is 191 g/mol. The number of nitrogen functional groups attached to an aromatic ring is 1. The standard InChI is InChI=1S/C9H9N3S/c1-6-2-4-7(5-3-6)8-9(10)11-12-13-8/h2-5H,10H2,1H3.